The highest BCUT2D eigenvalue weighted by atomic mass is 35.5. The van der Waals surface area contributed by atoms with E-state index in [1.54, 1.807) is 37.6 Å². The van der Waals surface area contributed by atoms with Crippen molar-refractivity contribution in [2.24, 2.45) is 0 Å². The van der Waals surface area contributed by atoms with Crippen molar-refractivity contribution >= 4 is 35.2 Å². The molecule has 1 aliphatic heterocycles. The molecule has 11 heteroatoms. The monoisotopic (exact) mass is 484 g/mol. The van der Waals surface area contributed by atoms with Crippen LogP contribution in [0.2, 0.25) is 5.02 Å². The Bertz CT molecular complexity index is 1090. The highest BCUT2D eigenvalue weighted by Gasteiger charge is 2.33. The van der Waals surface area contributed by atoms with Gasteiger partial charge in [-0.2, -0.15) is 0 Å². The van der Waals surface area contributed by atoms with Crippen molar-refractivity contribution in [2.75, 3.05) is 37.4 Å². The van der Waals surface area contributed by atoms with Gasteiger partial charge in [-0.25, -0.2) is 9.78 Å². The summed E-state index contributed by atoms with van der Waals surface area (Å²) in [4.78, 5) is 35.6. The SMILES string of the molecule is COc1ccc([C@@H]2CN(CC(=O)Nc3ncco3)CC[C@H]2NC(=O)Nc2ccc(Cl)cc2)nc1. The number of benzene rings is 1. The normalized spacial score (nSPS) is 18.2. The first kappa shape index (κ1) is 23.5. The van der Waals surface area contributed by atoms with Gasteiger partial charge < -0.3 is 19.8 Å². The highest BCUT2D eigenvalue weighted by Crippen LogP contribution is 2.27. The van der Waals surface area contributed by atoms with Crippen LogP contribution in [0, 0.1) is 0 Å². The van der Waals surface area contributed by atoms with Gasteiger partial charge in [-0.15, -0.1) is 0 Å². The summed E-state index contributed by atoms with van der Waals surface area (Å²) in [5.41, 5.74) is 1.44. The molecule has 4 rings (SSSR count). The summed E-state index contributed by atoms with van der Waals surface area (Å²) in [6, 6.07) is 10.3. The van der Waals surface area contributed by atoms with Crippen LogP contribution >= 0.6 is 11.6 Å². The summed E-state index contributed by atoms with van der Waals surface area (Å²) >= 11 is 5.92. The van der Waals surface area contributed by atoms with Crippen molar-refractivity contribution < 1.29 is 18.7 Å². The summed E-state index contributed by atoms with van der Waals surface area (Å²) in [6.45, 7) is 1.32. The number of nitrogens with one attached hydrogen (secondary N) is 3. The molecule has 0 radical (unpaired) electrons. The van der Waals surface area contributed by atoms with E-state index in [1.165, 1.54) is 12.5 Å². The molecule has 0 saturated carbocycles. The maximum absolute atomic E-state index is 12.7. The summed E-state index contributed by atoms with van der Waals surface area (Å²) in [6.07, 6.45) is 5.15. The smallest absolute Gasteiger partial charge is 0.319 e. The van der Waals surface area contributed by atoms with E-state index >= 15 is 0 Å². The fourth-order valence-electron chi connectivity index (χ4n) is 3.88. The van der Waals surface area contributed by atoms with Crippen molar-refractivity contribution in [3.8, 4) is 5.75 Å². The molecule has 0 aliphatic carbocycles. The minimum atomic E-state index is -0.319. The van der Waals surface area contributed by atoms with E-state index in [-0.39, 0.29) is 36.5 Å². The van der Waals surface area contributed by atoms with Crippen LogP contribution in [0.25, 0.3) is 0 Å². The average molecular weight is 485 g/mol. The van der Waals surface area contributed by atoms with Crippen LogP contribution in [0.15, 0.2) is 59.5 Å². The maximum atomic E-state index is 12.7. The second-order valence-electron chi connectivity index (χ2n) is 7.85. The number of piperidine rings is 1. The number of likely N-dealkylation sites (tertiary alicyclic amines) is 1. The van der Waals surface area contributed by atoms with Gasteiger partial charge in [0.25, 0.3) is 0 Å². The molecular weight excluding hydrogens is 460 g/mol. The van der Waals surface area contributed by atoms with Crippen molar-refractivity contribution in [1.82, 2.24) is 20.2 Å². The number of anilines is 2. The molecular formula is C23H25ClN6O4. The number of urea groups is 1. The molecule has 3 heterocycles. The Morgan fingerprint density at radius 1 is 1.18 bits per heavy atom. The standard InChI is InChI=1S/C23H25ClN6O4/c1-33-17-6-7-19(26-12-17)18-13-30(14-21(31)29-23-25-9-11-34-23)10-8-20(18)28-22(32)27-16-4-2-15(24)3-5-16/h2-7,9,11-12,18,20H,8,10,13-14H2,1H3,(H,25,29,31)(H2,27,28,32)/t18-,20+/m0/s1. The maximum Gasteiger partial charge on any atom is 0.319 e. The van der Waals surface area contributed by atoms with E-state index in [9.17, 15) is 9.59 Å². The summed E-state index contributed by atoms with van der Waals surface area (Å²) in [5, 5.41) is 9.12. The van der Waals surface area contributed by atoms with Crippen LogP contribution in [-0.4, -0.2) is 59.6 Å². The molecule has 1 fully saturated rings. The minimum Gasteiger partial charge on any atom is -0.495 e. The second-order valence-corrected chi connectivity index (χ2v) is 8.29. The molecule has 1 aliphatic rings. The largest absolute Gasteiger partial charge is 0.495 e. The number of hydrogen-bond donors (Lipinski definition) is 3. The van der Waals surface area contributed by atoms with Crippen molar-refractivity contribution in [3.63, 3.8) is 0 Å². The molecule has 178 valence electrons. The zero-order valence-corrected chi connectivity index (χ0v) is 19.3. The number of ether oxygens (including phenoxy) is 1. The van der Waals surface area contributed by atoms with Gasteiger partial charge in [0.1, 0.15) is 12.0 Å². The van der Waals surface area contributed by atoms with Crippen LogP contribution < -0.4 is 20.7 Å². The Kier molecular flexibility index (Phi) is 7.61. The van der Waals surface area contributed by atoms with Gasteiger partial charge in [0, 0.05) is 41.5 Å². The lowest BCUT2D eigenvalue weighted by Gasteiger charge is -2.38. The van der Waals surface area contributed by atoms with E-state index < -0.39 is 0 Å². The zero-order chi connectivity index (χ0) is 23.9. The molecule has 3 aromatic rings. The number of pyridine rings is 1. The molecule has 34 heavy (non-hydrogen) atoms. The Labute approximate surface area is 201 Å². The van der Waals surface area contributed by atoms with Crippen LogP contribution in [0.5, 0.6) is 5.75 Å². The van der Waals surface area contributed by atoms with E-state index in [4.69, 9.17) is 20.8 Å². The van der Waals surface area contributed by atoms with Crippen LogP contribution in [0.4, 0.5) is 16.5 Å². The minimum absolute atomic E-state index is 0.134. The predicted octanol–water partition coefficient (Wildman–Crippen LogP) is 3.35. The number of oxazole rings is 1. The molecule has 3 amide bonds. The van der Waals surface area contributed by atoms with Crippen LogP contribution in [0.3, 0.4) is 0 Å². The fourth-order valence-corrected chi connectivity index (χ4v) is 4.01. The van der Waals surface area contributed by atoms with E-state index in [0.717, 1.165) is 5.69 Å². The van der Waals surface area contributed by atoms with E-state index in [1.807, 2.05) is 17.0 Å². The van der Waals surface area contributed by atoms with Gasteiger partial charge >= 0.3 is 12.0 Å². The molecule has 1 aromatic carbocycles. The first-order chi connectivity index (χ1) is 16.5. The number of methoxy groups -OCH3 is 1. The summed E-state index contributed by atoms with van der Waals surface area (Å²) in [5.74, 6) is 0.285. The van der Waals surface area contributed by atoms with Gasteiger partial charge in [0.15, 0.2) is 0 Å². The molecule has 0 bridgehead atoms. The Hall–Kier alpha value is -3.63. The first-order valence-corrected chi connectivity index (χ1v) is 11.1. The second kappa shape index (κ2) is 11.0. The lowest BCUT2D eigenvalue weighted by molar-refractivity contribution is -0.117. The third kappa shape index (κ3) is 6.24. The predicted molar refractivity (Wildman–Crippen MR) is 127 cm³/mol. The van der Waals surface area contributed by atoms with Gasteiger partial charge in [0.05, 0.1) is 26.0 Å². The first-order valence-electron chi connectivity index (χ1n) is 10.7. The molecule has 2 aromatic heterocycles. The number of amides is 3. The number of nitrogens with zero attached hydrogens (tertiary/aromatic N) is 3. The number of halogens is 1. The molecule has 3 N–H and O–H groups in total. The summed E-state index contributed by atoms with van der Waals surface area (Å²) in [7, 11) is 1.58. The molecule has 1 saturated heterocycles. The molecule has 0 unspecified atom stereocenters. The third-order valence-corrected chi connectivity index (χ3v) is 5.79. The Morgan fingerprint density at radius 2 is 2.00 bits per heavy atom. The third-order valence-electron chi connectivity index (χ3n) is 5.54. The van der Waals surface area contributed by atoms with Crippen molar-refractivity contribution in [2.45, 2.75) is 18.4 Å². The number of rotatable bonds is 7. The van der Waals surface area contributed by atoms with Gasteiger partial charge in [-0.1, -0.05) is 11.6 Å². The number of hydrogen-bond acceptors (Lipinski definition) is 7. The number of aromatic nitrogens is 2. The molecule has 10 nitrogen and oxygen atoms in total. The fraction of sp³-hybridized carbons (Fsp3) is 0.304. The number of carbonyl (C=O) groups is 2. The van der Waals surface area contributed by atoms with E-state index in [0.29, 0.717) is 36.0 Å². The average Bonchev–Trinajstić information content (AvgIpc) is 3.34. The van der Waals surface area contributed by atoms with Crippen molar-refractivity contribution in [3.05, 3.63) is 65.8 Å². The number of carbonyl (C=O) groups excluding carboxylic acids is 2. The Balaban J connectivity index is 1.43. The van der Waals surface area contributed by atoms with Gasteiger partial charge in [-0.05, 0) is 42.8 Å². The van der Waals surface area contributed by atoms with E-state index in [2.05, 4.69) is 25.9 Å². The molecule has 2 atom stereocenters. The zero-order valence-electron chi connectivity index (χ0n) is 18.5. The van der Waals surface area contributed by atoms with Crippen LogP contribution in [-0.2, 0) is 4.79 Å². The highest BCUT2D eigenvalue weighted by molar-refractivity contribution is 6.30. The summed E-state index contributed by atoms with van der Waals surface area (Å²) < 4.78 is 10.3. The van der Waals surface area contributed by atoms with Crippen molar-refractivity contribution in [1.29, 1.82) is 0 Å². The Morgan fingerprint density at radius 3 is 2.68 bits per heavy atom. The molecule has 0 spiro atoms. The lowest BCUT2D eigenvalue weighted by Crippen LogP contribution is -2.52. The lowest BCUT2D eigenvalue weighted by atomic mass is 9.88. The van der Waals surface area contributed by atoms with Crippen LogP contribution in [0.1, 0.15) is 18.0 Å². The topological polar surface area (TPSA) is 122 Å². The van der Waals surface area contributed by atoms with Gasteiger partial charge in [-0.3, -0.25) is 20.0 Å². The quantitative estimate of drug-likeness (QED) is 0.470. The van der Waals surface area contributed by atoms with Gasteiger partial charge in [0.2, 0.25) is 5.91 Å².